The molecule has 4 rings (SSSR count). The van der Waals surface area contributed by atoms with E-state index in [1.165, 1.54) is 5.56 Å². The predicted molar refractivity (Wildman–Crippen MR) is 86.3 cm³/mol. The number of benzene rings is 1. The first-order valence-corrected chi connectivity index (χ1v) is 8.31. The van der Waals surface area contributed by atoms with Gasteiger partial charge in [0.2, 0.25) is 5.91 Å². The Morgan fingerprint density at radius 2 is 2.22 bits per heavy atom. The highest BCUT2D eigenvalue weighted by molar-refractivity contribution is 5.80. The largest absolute Gasteiger partial charge is 0.493 e. The van der Waals surface area contributed by atoms with Crippen LogP contribution >= 0.6 is 0 Å². The summed E-state index contributed by atoms with van der Waals surface area (Å²) in [7, 11) is 0. The monoisotopic (exact) mass is 311 g/mol. The Labute approximate surface area is 136 Å². The normalized spacial score (nSPS) is 17.4. The number of ether oxygens (including phenoxy) is 1. The topological polar surface area (TPSA) is 42.7 Å². The van der Waals surface area contributed by atoms with Gasteiger partial charge >= 0.3 is 0 Å². The maximum Gasteiger partial charge on any atom is 0.227 e. The summed E-state index contributed by atoms with van der Waals surface area (Å²) in [5, 5.41) is 0. The summed E-state index contributed by atoms with van der Waals surface area (Å²) in [5.74, 6) is 1.99. The first-order valence-electron chi connectivity index (χ1n) is 8.31. The fourth-order valence-electron chi connectivity index (χ4n) is 3.37. The number of rotatable bonds is 5. The summed E-state index contributed by atoms with van der Waals surface area (Å²) in [6.45, 7) is 2.79. The molecule has 0 spiro atoms. The number of hydrogen-bond donors (Lipinski definition) is 0. The lowest BCUT2D eigenvalue weighted by molar-refractivity contribution is -0.133. The van der Waals surface area contributed by atoms with Crippen molar-refractivity contribution < 1.29 is 13.9 Å². The quantitative estimate of drug-likeness (QED) is 0.848. The van der Waals surface area contributed by atoms with E-state index < -0.39 is 0 Å². The van der Waals surface area contributed by atoms with Gasteiger partial charge in [-0.05, 0) is 49.1 Å². The molecule has 0 unspecified atom stereocenters. The SMILES string of the molecule is C[C@H](c1ccco1)N(C(=O)Cc1ccc2c(c1)CCO2)C1CC1. The molecule has 2 aliphatic rings. The molecule has 2 aromatic rings. The van der Waals surface area contributed by atoms with Crippen LogP contribution < -0.4 is 4.74 Å². The van der Waals surface area contributed by atoms with Crippen molar-refractivity contribution in [1.29, 1.82) is 0 Å². The third kappa shape index (κ3) is 2.85. The minimum absolute atomic E-state index is 0.0113. The molecule has 1 fully saturated rings. The second-order valence-electron chi connectivity index (χ2n) is 6.44. The van der Waals surface area contributed by atoms with Gasteiger partial charge in [-0.1, -0.05) is 12.1 Å². The zero-order valence-electron chi connectivity index (χ0n) is 13.3. The molecule has 120 valence electrons. The first kappa shape index (κ1) is 14.4. The summed E-state index contributed by atoms with van der Waals surface area (Å²) in [6.07, 6.45) is 5.23. The van der Waals surface area contributed by atoms with Gasteiger partial charge in [0.25, 0.3) is 0 Å². The number of carbonyl (C=O) groups is 1. The molecule has 4 heteroatoms. The van der Waals surface area contributed by atoms with Gasteiger partial charge in [0, 0.05) is 12.5 Å². The Morgan fingerprint density at radius 3 is 2.96 bits per heavy atom. The highest BCUT2D eigenvalue weighted by Crippen LogP contribution is 2.35. The second kappa shape index (κ2) is 5.76. The molecule has 0 N–H and O–H groups in total. The van der Waals surface area contributed by atoms with Crippen molar-refractivity contribution in [3.63, 3.8) is 0 Å². The Morgan fingerprint density at radius 1 is 1.35 bits per heavy atom. The zero-order valence-corrected chi connectivity index (χ0v) is 13.3. The molecule has 23 heavy (non-hydrogen) atoms. The van der Waals surface area contributed by atoms with Crippen LogP contribution in [0.15, 0.2) is 41.0 Å². The molecule has 0 radical (unpaired) electrons. The molecular formula is C19H21NO3. The highest BCUT2D eigenvalue weighted by Gasteiger charge is 2.37. The highest BCUT2D eigenvalue weighted by atomic mass is 16.5. The maximum absolute atomic E-state index is 12.9. The number of carbonyl (C=O) groups excluding carboxylic acids is 1. The molecule has 0 saturated heterocycles. The molecule has 4 nitrogen and oxygen atoms in total. The Balaban J connectivity index is 1.52. The summed E-state index contributed by atoms with van der Waals surface area (Å²) in [5.41, 5.74) is 2.28. The van der Waals surface area contributed by atoms with E-state index in [1.807, 2.05) is 36.1 Å². The van der Waals surface area contributed by atoms with Gasteiger partial charge in [-0.2, -0.15) is 0 Å². The van der Waals surface area contributed by atoms with E-state index in [0.717, 1.165) is 42.9 Å². The maximum atomic E-state index is 12.9. The van der Waals surface area contributed by atoms with Crippen molar-refractivity contribution in [2.75, 3.05) is 6.61 Å². The van der Waals surface area contributed by atoms with Crippen LogP contribution in [0.3, 0.4) is 0 Å². The lowest BCUT2D eigenvalue weighted by atomic mass is 10.0. The number of amides is 1. The summed E-state index contributed by atoms with van der Waals surface area (Å²) < 4.78 is 11.0. The van der Waals surface area contributed by atoms with Crippen molar-refractivity contribution in [3.8, 4) is 5.75 Å². The molecule has 0 bridgehead atoms. The van der Waals surface area contributed by atoms with E-state index in [0.29, 0.717) is 12.5 Å². The van der Waals surface area contributed by atoms with Gasteiger partial charge in [0.15, 0.2) is 0 Å². The number of fused-ring (bicyclic) bond motifs is 1. The van der Waals surface area contributed by atoms with E-state index in [9.17, 15) is 4.79 Å². The molecule has 1 aromatic heterocycles. The molecule has 1 aromatic carbocycles. The Kier molecular flexibility index (Phi) is 3.60. The van der Waals surface area contributed by atoms with E-state index in [-0.39, 0.29) is 11.9 Å². The van der Waals surface area contributed by atoms with E-state index >= 15 is 0 Å². The van der Waals surface area contributed by atoms with Crippen molar-refractivity contribution in [3.05, 3.63) is 53.5 Å². The third-order valence-corrected chi connectivity index (χ3v) is 4.71. The minimum atomic E-state index is -0.0113. The van der Waals surface area contributed by atoms with Crippen molar-refractivity contribution in [2.45, 2.75) is 44.7 Å². The van der Waals surface area contributed by atoms with E-state index in [2.05, 4.69) is 6.07 Å². The van der Waals surface area contributed by atoms with Crippen molar-refractivity contribution in [2.24, 2.45) is 0 Å². The molecule has 1 saturated carbocycles. The van der Waals surface area contributed by atoms with Crippen LogP contribution in [0.4, 0.5) is 0 Å². The Bertz CT molecular complexity index is 703. The summed E-state index contributed by atoms with van der Waals surface area (Å²) >= 11 is 0. The molecule has 1 amide bonds. The van der Waals surface area contributed by atoms with Crippen molar-refractivity contribution in [1.82, 2.24) is 4.90 Å². The van der Waals surface area contributed by atoms with Crippen LogP contribution in [-0.4, -0.2) is 23.5 Å². The summed E-state index contributed by atoms with van der Waals surface area (Å²) in [6, 6.07) is 10.3. The van der Waals surface area contributed by atoms with Gasteiger partial charge < -0.3 is 14.1 Å². The molecule has 1 atom stereocenters. The average molecular weight is 311 g/mol. The lowest BCUT2D eigenvalue weighted by Gasteiger charge is -2.28. The van der Waals surface area contributed by atoms with Gasteiger partial charge in [-0.25, -0.2) is 0 Å². The molecule has 1 aliphatic heterocycles. The van der Waals surface area contributed by atoms with Gasteiger partial charge in [-0.15, -0.1) is 0 Å². The van der Waals surface area contributed by atoms with Crippen LogP contribution in [0.5, 0.6) is 5.75 Å². The van der Waals surface area contributed by atoms with Crippen LogP contribution in [0, 0.1) is 0 Å². The first-order chi connectivity index (χ1) is 11.2. The fraction of sp³-hybridized carbons (Fsp3) is 0.421. The molecule has 2 heterocycles. The minimum Gasteiger partial charge on any atom is -0.493 e. The van der Waals surface area contributed by atoms with Crippen LogP contribution in [0.25, 0.3) is 0 Å². The van der Waals surface area contributed by atoms with Gasteiger partial charge in [-0.3, -0.25) is 4.79 Å². The van der Waals surface area contributed by atoms with Crippen molar-refractivity contribution >= 4 is 5.91 Å². The van der Waals surface area contributed by atoms with E-state index in [4.69, 9.17) is 9.15 Å². The smallest absolute Gasteiger partial charge is 0.227 e. The fourth-order valence-corrected chi connectivity index (χ4v) is 3.37. The zero-order chi connectivity index (χ0) is 15.8. The van der Waals surface area contributed by atoms with Crippen LogP contribution in [0.1, 0.15) is 42.7 Å². The number of hydrogen-bond acceptors (Lipinski definition) is 3. The number of nitrogens with zero attached hydrogens (tertiary/aromatic N) is 1. The molecular weight excluding hydrogens is 290 g/mol. The molecule has 1 aliphatic carbocycles. The van der Waals surface area contributed by atoms with E-state index in [1.54, 1.807) is 6.26 Å². The van der Waals surface area contributed by atoms with Gasteiger partial charge in [0.05, 0.1) is 25.3 Å². The standard InChI is InChI=1S/C19H21NO3/c1-13(17-3-2-9-22-17)20(16-5-6-16)19(21)12-14-4-7-18-15(11-14)8-10-23-18/h2-4,7,9,11,13,16H,5-6,8,10,12H2,1H3/t13-/m1/s1. The van der Waals surface area contributed by atoms with Crippen LogP contribution in [-0.2, 0) is 17.6 Å². The lowest BCUT2D eigenvalue weighted by Crippen LogP contribution is -2.36. The second-order valence-corrected chi connectivity index (χ2v) is 6.44. The van der Waals surface area contributed by atoms with Crippen LogP contribution in [0.2, 0.25) is 0 Å². The predicted octanol–water partition coefficient (Wildman–Crippen LogP) is 3.51. The number of furan rings is 1. The third-order valence-electron chi connectivity index (χ3n) is 4.71. The van der Waals surface area contributed by atoms with Gasteiger partial charge in [0.1, 0.15) is 11.5 Å². The Hall–Kier alpha value is -2.23. The average Bonchev–Trinajstić information content (AvgIpc) is 3.05. The summed E-state index contributed by atoms with van der Waals surface area (Å²) in [4.78, 5) is 14.9.